The van der Waals surface area contributed by atoms with E-state index in [-0.39, 0.29) is 42.2 Å². The Morgan fingerprint density at radius 1 is 0.980 bits per heavy atom. The lowest BCUT2D eigenvalue weighted by Gasteiger charge is -2.29. The van der Waals surface area contributed by atoms with E-state index in [1.807, 2.05) is 60.7 Å². The first kappa shape index (κ1) is 39.2. The van der Waals surface area contributed by atoms with Gasteiger partial charge < -0.3 is 10.1 Å². The molecule has 1 atom stereocenters. The Labute approximate surface area is 305 Å². The molecule has 5 nitrogen and oxygen atoms in total. The molecule has 0 aromatic heterocycles. The number of alkyl halides is 3. The number of ether oxygens (including phenoxy) is 1. The van der Waals surface area contributed by atoms with Crippen LogP contribution in [0.5, 0.6) is 5.75 Å². The number of hydrogen-bond acceptors (Lipinski definition) is 4. The van der Waals surface area contributed by atoms with E-state index < -0.39 is 11.7 Å². The van der Waals surface area contributed by atoms with Gasteiger partial charge in [-0.3, -0.25) is 14.6 Å². The van der Waals surface area contributed by atoms with E-state index in [1.54, 1.807) is 6.07 Å². The zero-order valence-corrected chi connectivity index (χ0v) is 30.0. The normalized spacial score (nSPS) is 14.9. The fraction of sp³-hybridized carbons (Fsp3) is 0.375. The molecule has 1 amide bonds. The third-order valence-electron chi connectivity index (χ3n) is 9.21. The van der Waals surface area contributed by atoms with Crippen molar-refractivity contribution < 1.29 is 22.7 Å². The molecule has 0 bridgehead atoms. The number of likely N-dealkylation sites (tertiary alicyclic amines) is 1. The van der Waals surface area contributed by atoms with Crippen molar-refractivity contribution in [3.8, 4) is 5.75 Å². The van der Waals surface area contributed by atoms with Crippen LogP contribution in [0.25, 0.3) is 0 Å². The highest BCUT2D eigenvalue weighted by atomic mass is 35.5. The largest absolute Gasteiger partial charge is 0.494 e. The maximum Gasteiger partial charge on any atom is 0.417 e. The Balaban J connectivity index is 0.00000562. The Bertz CT molecular complexity index is 1590. The number of halogens is 5. The van der Waals surface area contributed by atoms with Crippen LogP contribution in [0.4, 0.5) is 13.2 Å². The standard InChI is InChI=1S/C40H45ClF3N3O2.ClH/c1-2-47-23-11-19-34(47)27-45-38(48)26-30-13-9-20-35(25-30)49-24-12-22-46(28-33-18-10-21-37(39(33)41)40(42,43)44)29-36(31-14-5-3-6-15-31)32-16-7-4-8-17-32;/h3-10,13-18,20-21,25,34,36H,2,11-12,19,22-24,26-29H2,1H3,(H,45,48);1H. The second kappa shape index (κ2) is 19.2. The van der Waals surface area contributed by atoms with Crippen molar-refractivity contribution >= 4 is 29.9 Å². The van der Waals surface area contributed by atoms with Crippen molar-refractivity contribution in [3.63, 3.8) is 0 Å². The predicted molar refractivity (Wildman–Crippen MR) is 197 cm³/mol. The number of hydrogen-bond donors (Lipinski definition) is 1. The first-order valence-electron chi connectivity index (χ1n) is 17.1. The fourth-order valence-corrected chi connectivity index (χ4v) is 6.97. The highest BCUT2D eigenvalue weighted by Crippen LogP contribution is 2.37. The molecule has 1 heterocycles. The van der Waals surface area contributed by atoms with Gasteiger partial charge in [0.2, 0.25) is 5.91 Å². The number of rotatable bonds is 16. The van der Waals surface area contributed by atoms with E-state index in [2.05, 4.69) is 46.3 Å². The lowest BCUT2D eigenvalue weighted by Crippen LogP contribution is -2.40. The molecule has 5 rings (SSSR count). The SMILES string of the molecule is CCN1CCCC1CNC(=O)Cc1cccc(OCCCN(Cc2cccc(C(F)(F)F)c2Cl)CC(c2ccccc2)c2ccccc2)c1.Cl. The molecule has 1 saturated heterocycles. The van der Waals surface area contributed by atoms with Crippen LogP contribution >= 0.6 is 24.0 Å². The number of likely N-dealkylation sites (N-methyl/N-ethyl adjacent to an activating group) is 1. The molecule has 1 fully saturated rings. The van der Waals surface area contributed by atoms with Gasteiger partial charge in [-0.05, 0) is 72.8 Å². The maximum atomic E-state index is 13.7. The highest BCUT2D eigenvalue weighted by molar-refractivity contribution is 6.32. The zero-order chi connectivity index (χ0) is 34.6. The lowest BCUT2D eigenvalue weighted by atomic mass is 9.90. The summed E-state index contributed by atoms with van der Waals surface area (Å²) in [6.45, 7) is 6.70. The average molecular weight is 729 g/mol. The van der Waals surface area contributed by atoms with E-state index in [0.717, 1.165) is 42.3 Å². The minimum atomic E-state index is -4.54. The molecular formula is C40H46Cl2F3N3O2. The van der Waals surface area contributed by atoms with Gasteiger partial charge in [-0.25, -0.2) is 0 Å². The van der Waals surface area contributed by atoms with Crippen LogP contribution in [0, 0.1) is 0 Å². The summed E-state index contributed by atoms with van der Waals surface area (Å²) in [5.41, 5.74) is 2.73. The Hall–Kier alpha value is -3.56. The maximum absolute atomic E-state index is 13.7. The first-order valence-corrected chi connectivity index (χ1v) is 17.5. The monoisotopic (exact) mass is 727 g/mol. The van der Waals surface area contributed by atoms with Crippen molar-refractivity contribution in [1.29, 1.82) is 0 Å². The van der Waals surface area contributed by atoms with Crippen LogP contribution in [0.15, 0.2) is 103 Å². The molecular weight excluding hydrogens is 682 g/mol. The molecule has 0 spiro atoms. The van der Waals surface area contributed by atoms with E-state index in [0.29, 0.717) is 50.0 Å². The first-order chi connectivity index (χ1) is 23.7. The smallest absolute Gasteiger partial charge is 0.417 e. The molecule has 0 aliphatic carbocycles. The molecule has 1 unspecified atom stereocenters. The van der Waals surface area contributed by atoms with Gasteiger partial charge in [-0.15, -0.1) is 12.4 Å². The molecule has 10 heteroatoms. The van der Waals surface area contributed by atoms with Crippen LogP contribution in [-0.4, -0.2) is 61.1 Å². The number of nitrogens with one attached hydrogen (secondary N) is 1. The number of benzene rings is 4. The van der Waals surface area contributed by atoms with Gasteiger partial charge in [0, 0.05) is 38.1 Å². The van der Waals surface area contributed by atoms with E-state index in [1.165, 1.54) is 12.5 Å². The summed E-state index contributed by atoms with van der Waals surface area (Å²) in [5.74, 6) is 0.669. The number of carbonyl (C=O) groups excluding carboxylic acids is 1. The number of nitrogens with zero attached hydrogens (tertiary/aromatic N) is 2. The Kier molecular flexibility index (Phi) is 15.0. The van der Waals surface area contributed by atoms with E-state index >= 15 is 0 Å². The van der Waals surface area contributed by atoms with Crippen LogP contribution < -0.4 is 10.1 Å². The molecule has 1 N–H and O–H groups in total. The highest BCUT2D eigenvalue weighted by Gasteiger charge is 2.34. The summed E-state index contributed by atoms with van der Waals surface area (Å²) in [6, 6.07) is 32.4. The van der Waals surface area contributed by atoms with Crippen LogP contribution in [0.2, 0.25) is 5.02 Å². The molecule has 1 aliphatic rings. The lowest BCUT2D eigenvalue weighted by molar-refractivity contribution is -0.137. The van der Waals surface area contributed by atoms with Gasteiger partial charge in [-0.1, -0.05) is 103 Å². The van der Waals surface area contributed by atoms with Crippen molar-refractivity contribution in [2.24, 2.45) is 0 Å². The summed E-state index contributed by atoms with van der Waals surface area (Å²) in [7, 11) is 0. The summed E-state index contributed by atoms with van der Waals surface area (Å²) in [6.07, 6.45) is -1.34. The average Bonchev–Trinajstić information content (AvgIpc) is 3.57. The topological polar surface area (TPSA) is 44.8 Å². The van der Waals surface area contributed by atoms with Crippen molar-refractivity contribution in [3.05, 3.63) is 136 Å². The second-order valence-corrected chi connectivity index (χ2v) is 13.0. The van der Waals surface area contributed by atoms with Gasteiger partial charge in [0.15, 0.2) is 0 Å². The van der Waals surface area contributed by atoms with E-state index in [4.69, 9.17) is 16.3 Å². The van der Waals surface area contributed by atoms with Gasteiger partial charge >= 0.3 is 6.18 Å². The molecule has 1 aliphatic heterocycles. The fourth-order valence-electron chi connectivity index (χ4n) is 6.67. The van der Waals surface area contributed by atoms with Crippen molar-refractivity contribution in [2.45, 2.75) is 57.3 Å². The van der Waals surface area contributed by atoms with Gasteiger partial charge in [0.25, 0.3) is 0 Å². The minimum Gasteiger partial charge on any atom is -0.494 e. The van der Waals surface area contributed by atoms with E-state index in [9.17, 15) is 18.0 Å². The predicted octanol–water partition coefficient (Wildman–Crippen LogP) is 9.03. The summed E-state index contributed by atoms with van der Waals surface area (Å²) in [5, 5.41) is 2.83. The number of amides is 1. The summed E-state index contributed by atoms with van der Waals surface area (Å²) in [4.78, 5) is 17.3. The Morgan fingerprint density at radius 3 is 2.32 bits per heavy atom. The number of carbonyl (C=O) groups is 1. The van der Waals surface area contributed by atoms with Gasteiger partial charge in [0.1, 0.15) is 5.75 Å². The van der Waals surface area contributed by atoms with Gasteiger partial charge in [-0.2, -0.15) is 13.2 Å². The van der Waals surface area contributed by atoms with Crippen LogP contribution in [0.3, 0.4) is 0 Å². The molecule has 0 radical (unpaired) electrons. The Morgan fingerprint density at radius 2 is 1.66 bits per heavy atom. The summed E-state index contributed by atoms with van der Waals surface area (Å²) >= 11 is 6.36. The zero-order valence-electron chi connectivity index (χ0n) is 28.4. The molecule has 268 valence electrons. The van der Waals surface area contributed by atoms with Crippen LogP contribution in [0.1, 0.15) is 59.9 Å². The third kappa shape index (κ3) is 11.2. The van der Waals surface area contributed by atoms with Crippen molar-refractivity contribution in [1.82, 2.24) is 15.1 Å². The second-order valence-electron chi connectivity index (χ2n) is 12.6. The molecule has 4 aromatic carbocycles. The quantitative estimate of drug-likeness (QED) is 0.117. The third-order valence-corrected chi connectivity index (χ3v) is 9.66. The van der Waals surface area contributed by atoms with Crippen LogP contribution in [-0.2, 0) is 23.9 Å². The van der Waals surface area contributed by atoms with Crippen molar-refractivity contribution in [2.75, 3.05) is 39.3 Å². The molecule has 4 aromatic rings. The summed E-state index contributed by atoms with van der Waals surface area (Å²) < 4.78 is 47.3. The minimum absolute atomic E-state index is 0. The van der Waals surface area contributed by atoms with Gasteiger partial charge in [0.05, 0.1) is 23.6 Å². The molecule has 50 heavy (non-hydrogen) atoms. The molecule has 0 saturated carbocycles.